The fraction of sp³-hybridized carbons (Fsp3) is 0.138. The average molecular weight is 543 g/mol. The predicted octanol–water partition coefficient (Wildman–Crippen LogP) is 5.35. The van der Waals surface area contributed by atoms with E-state index in [2.05, 4.69) is 0 Å². The fourth-order valence-electron chi connectivity index (χ4n) is 4.69. The van der Waals surface area contributed by atoms with Crippen LogP contribution in [0.25, 0.3) is 15.7 Å². The van der Waals surface area contributed by atoms with Crippen molar-refractivity contribution in [2.75, 3.05) is 5.75 Å². The molecule has 184 valence electrons. The highest BCUT2D eigenvalue weighted by Crippen LogP contribution is 2.45. The van der Waals surface area contributed by atoms with Gasteiger partial charge in [-0.25, -0.2) is 0 Å². The minimum Gasteiger partial charge on any atom is -0.469 e. The molecule has 5 nitrogen and oxygen atoms in total. The van der Waals surface area contributed by atoms with Crippen molar-refractivity contribution in [3.8, 4) is 0 Å². The van der Waals surface area contributed by atoms with Gasteiger partial charge in [-0.05, 0) is 35.5 Å². The van der Waals surface area contributed by atoms with Gasteiger partial charge in [-0.1, -0.05) is 72.8 Å². The standard InChI is InChI=1S/C29H22N2O3S3/c30-24-27(33)31-25(29(35)34-26(17-9-3-1-4-10-17)18-11-5-2-6-12-18)20(16-36-28(24)31)23-15-21(32)19-13-7-8-14-22(19)37-23/h1-15,24,26,28H,16,30H2/t24-,28-/m1/s1. The summed E-state index contributed by atoms with van der Waals surface area (Å²) in [5.41, 5.74) is 9.32. The van der Waals surface area contributed by atoms with E-state index in [9.17, 15) is 9.59 Å². The van der Waals surface area contributed by atoms with Crippen molar-refractivity contribution in [3.05, 3.63) is 123 Å². The van der Waals surface area contributed by atoms with Crippen LogP contribution in [-0.2, 0) is 9.53 Å². The van der Waals surface area contributed by atoms with Gasteiger partial charge in [0, 0.05) is 32.4 Å². The summed E-state index contributed by atoms with van der Waals surface area (Å²) in [6, 6.07) is 28.3. The number of ether oxygens (including phenoxy) is 1. The maximum atomic E-state index is 13.0. The number of benzene rings is 3. The van der Waals surface area contributed by atoms with Gasteiger partial charge in [-0.3, -0.25) is 14.5 Å². The molecular weight excluding hydrogens is 521 g/mol. The highest BCUT2D eigenvalue weighted by Gasteiger charge is 2.51. The molecule has 0 spiro atoms. The number of hydrogen-bond donors (Lipinski definition) is 1. The van der Waals surface area contributed by atoms with Crippen LogP contribution in [-0.4, -0.2) is 33.0 Å². The maximum absolute atomic E-state index is 13.0. The third-order valence-electron chi connectivity index (χ3n) is 6.56. The van der Waals surface area contributed by atoms with E-state index in [-0.39, 0.29) is 21.8 Å². The molecule has 2 N–H and O–H groups in total. The van der Waals surface area contributed by atoms with Gasteiger partial charge in [0.05, 0.1) is 0 Å². The van der Waals surface area contributed by atoms with E-state index < -0.39 is 12.1 Å². The van der Waals surface area contributed by atoms with E-state index in [1.54, 1.807) is 22.7 Å². The van der Waals surface area contributed by atoms with Gasteiger partial charge in [-0.2, -0.15) is 0 Å². The lowest BCUT2D eigenvalue weighted by molar-refractivity contribution is -0.140. The van der Waals surface area contributed by atoms with E-state index in [0.717, 1.165) is 26.3 Å². The molecule has 1 aromatic heterocycles. The maximum Gasteiger partial charge on any atom is 0.248 e. The topological polar surface area (TPSA) is 72.6 Å². The first-order chi connectivity index (χ1) is 18.0. The Bertz CT molecular complexity index is 1560. The molecule has 2 aliphatic rings. The number of thiocarbonyl (C=S) groups is 1. The average Bonchev–Trinajstić information content (AvgIpc) is 2.95. The fourth-order valence-corrected chi connectivity index (χ4v) is 7.53. The first-order valence-electron chi connectivity index (χ1n) is 11.8. The quantitative estimate of drug-likeness (QED) is 0.271. The normalized spacial score (nSPS) is 19.1. The predicted molar refractivity (Wildman–Crippen MR) is 154 cm³/mol. The number of hydrogen-bond acceptors (Lipinski definition) is 7. The number of amides is 1. The van der Waals surface area contributed by atoms with Crippen molar-refractivity contribution in [2.45, 2.75) is 17.5 Å². The number of thioether (sulfide) groups is 1. The van der Waals surface area contributed by atoms with Crippen LogP contribution in [0.15, 0.2) is 101 Å². The van der Waals surface area contributed by atoms with Crippen LogP contribution in [0.2, 0.25) is 0 Å². The minimum atomic E-state index is -0.584. The lowest BCUT2D eigenvalue weighted by Crippen LogP contribution is -2.68. The van der Waals surface area contributed by atoms with Crippen molar-refractivity contribution >= 4 is 61.9 Å². The van der Waals surface area contributed by atoms with Crippen LogP contribution in [0, 0.1) is 0 Å². The zero-order valence-corrected chi connectivity index (χ0v) is 22.0. The number of rotatable bonds is 5. The molecule has 4 aromatic rings. The molecular formula is C29H22N2O3S3. The lowest BCUT2D eigenvalue weighted by Gasteiger charge is -2.49. The molecule has 8 heteroatoms. The summed E-state index contributed by atoms with van der Waals surface area (Å²) in [5.74, 6) is 0.371. The summed E-state index contributed by atoms with van der Waals surface area (Å²) in [6.07, 6.45) is -0.461. The second kappa shape index (κ2) is 9.87. The SMILES string of the molecule is N[C@@H]1C(=O)N2C(C(=S)OC(c3ccccc3)c3ccccc3)=C(c3cc(=O)c4ccccc4s3)CS[C@H]12. The van der Waals surface area contributed by atoms with Gasteiger partial charge in [0.25, 0.3) is 0 Å². The minimum absolute atomic E-state index is 0.0618. The molecule has 0 saturated carbocycles. The van der Waals surface area contributed by atoms with Gasteiger partial charge >= 0.3 is 0 Å². The molecule has 1 fully saturated rings. The lowest BCUT2D eigenvalue weighted by atomic mass is 10.0. The Morgan fingerprint density at radius 1 is 0.946 bits per heavy atom. The molecule has 2 aliphatic heterocycles. The molecule has 0 radical (unpaired) electrons. The third-order valence-corrected chi connectivity index (χ3v) is 9.31. The van der Waals surface area contributed by atoms with Crippen molar-refractivity contribution in [1.82, 2.24) is 4.90 Å². The Labute approximate surface area is 227 Å². The smallest absolute Gasteiger partial charge is 0.248 e. The van der Waals surface area contributed by atoms with E-state index in [0.29, 0.717) is 16.8 Å². The number of carbonyl (C=O) groups is 1. The summed E-state index contributed by atoms with van der Waals surface area (Å²) in [7, 11) is 0. The van der Waals surface area contributed by atoms with Gasteiger partial charge in [-0.15, -0.1) is 23.1 Å². The monoisotopic (exact) mass is 542 g/mol. The summed E-state index contributed by atoms with van der Waals surface area (Å²) >= 11 is 9.01. The molecule has 3 aromatic carbocycles. The second-order valence-electron chi connectivity index (χ2n) is 8.84. The van der Waals surface area contributed by atoms with E-state index in [1.165, 1.54) is 11.3 Å². The van der Waals surface area contributed by atoms with Crippen molar-refractivity contribution in [3.63, 3.8) is 0 Å². The Hall–Kier alpha value is -3.30. The summed E-state index contributed by atoms with van der Waals surface area (Å²) in [6.45, 7) is 0. The molecule has 2 atom stereocenters. The number of fused-ring (bicyclic) bond motifs is 2. The second-order valence-corrected chi connectivity index (χ2v) is 11.4. The molecule has 1 amide bonds. The Kier molecular flexibility index (Phi) is 6.42. The third kappa shape index (κ3) is 4.30. The molecule has 1 saturated heterocycles. The van der Waals surface area contributed by atoms with Crippen LogP contribution >= 0.6 is 35.3 Å². The molecule has 37 heavy (non-hydrogen) atoms. The van der Waals surface area contributed by atoms with Gasteiger partial charge in [0.1, 0.15) is 23.2 Å². The first-order valence-corrected chi connectivity index (χ1v) is 14.1. The highest BCUT2D eigenvalue weighted by atomic mass is 32.2. The number of nitrogens with zero attached hydrogens (tertiary/aromatic N) is 1. The van der Waals surface area contributed by atoms with E-state index >= 15 is 0 Å². The van der Waals surface area contributed by atoms with Crippen LogP contribution in [0.5, 0.6) is 0 Å². The van der Waals surface area contributed by atoms with E-state index in [1.807, 2.05) is 84.9 Å². The zero-order chi connectivity index (χ0) is 25.5. The van der Waals surface area contributed by atoms with Crippen LogP contribution in [0.1, 0.15) is 22.1 Å². The van der Waals surface area contributed by atoms with Crippen LogP contribution in [0.4, 0.5) is 0 Å². The molecule has 0 unspecified atom stereocenters. The van der Waals surface area contributed by atoms with E-state index in [4.69, 9.17) is 22.7 Å². The Morgan fingerprint density at radius 2 is 1.57 bits per heavy atom. The summed E-state index contributed by atoms with van der Waals surface area (Å²) in [4.78, 5) is 28.4. The number of nitrogens with two attached hydrogens (primary N) is 1. The summed E-state index contributed by atoms with van der Waals surface area (Å²) in [5, 5.41) is 0.678. The van der Waals surface area contributed by atoms with Gasteiger partial charge in [0.15, 0.2) is 5.43 Å². The molecule has 3 heterocycles. The Balaban J connectivity index is 1.47. The van der Waals surface area contributed by atoms with Crippen molar-refractivity contribution < 1.29 is 9.53 Å². The molecule has 0 bridgehead atoms. The number of carbonyl (C=O) groups excluding carboxylic acids is 1. The van der Waals surface area contributed by atoms with Gasteiger partial charge in [0.2, 0.25) is 11.0 Å². The number of β-lactam (4-membered cyclic amide) rings is 1. The first kappa shape index (κ1) is 24.1. The van der Waals surface area contributed by atoms with Crippen molar-refractivity contribution in [2.24, 2.45) is 5.73 Å². The highest BCUT2D eigenvalue weighted by molar-refractivity contribution is 8.00. The molecule has 0 aliphatic carbocycles. The largest absolute Gasteiger partial charge is 0.469 e. The van der Waals surface area contributed by atoms with Gasteiger partial charge < -0.3 is 10.5 Å². The van der Waals surface area contributed by atoms with Crippen LogP contribution in [0.3, 0.4) is 0 Å². The Morgan fingerprint density at radius 3 is 2.24 bits per heavy atom. The van der Waals surface area contributed by atoms with Crippen molar-refractivity contribution in [1.29, 1.82) is 0 Å². The summed E-state index contributed by atoms with van der Waals surface area (Å²) < 4.78 is 7.41. The molecule has 6 rings (SSSR count). The van der Waals surface area contributed by atoms with Crippen LogP contribution < -0.4 is 11.2 Å². The zero-order valence-electron chi connectivity index (χ0n) is 19.6.